The van der Waals surface area contributed by atoms with Crippen molar-refractivity contribution in [3.8, 4) is 11.5 Å². The van der Waals surface area contributed by atoms with Gasteiger partial charge in [0.1, 0.15) is 18.1 Å². The van der Waals surface area contributed by atoms with E-state index in [1.165, 1.54) is 0 Å². The number of rotatable bonds is 3. The lowest BCUT2D eigenvalue weighted by molar-refractivity contribution is 0.301. The molecular weight excluding hydrogens is 280 g/mol. The summed E-state index contributed by atoms with van der Waals surface area (Å²) < 4.78 is 6.72. The molecule has 0 unspecified atom stereocenters. The zero-order valence-electron chi connectivity index (χ0n) is 9.48. The molecule has 0 radical (unpaired) electrons. The highest BCUT2D eigenvalue weighted by molar-refractivity contribution is 9.10. The van der Waals surface area contributed by atoms with Crippen molar-refractivity contribution >= 4 is 15.9 Å². The van der Waals surface area contributed by atoms with Crippen LogP contribution in [0.2, 0.25) is 0 Å². The van der Waals surface area contributed by atoms with Gasteiger partial charge in [0.2, 0.25) is 0 Å². The van der Waals surface area contributed by atoms with E-state index >= 15 is 0 Å². The quantitative estimate of drug-likeness (QED) is 0.925. The van der Waals surface area contributed by atoms with Crippen LogP contribution in [0.1, 0.15) is 11.1 Å². The predicted octanol–water partition coefficient (Wildman–Crippen LogP) is 4.04. The molecule has 2 rings (SSSR count). The maximum Gasteiger partial charge on any atom is 0.126 e. The molecule has 0 bridgehead atoms. The second kappa shape index (κ2) is 5.23. The molecule has 0 aromatic heterocycles. The molecule has 2 aromatic carbocycles. The fourth-order valence-corrected chi connectivity index (χ4v) is 1.93. The van der Waals surface area contributed by atoms with Gasteiger partial charge in [0.25, 0.3) is 0 Å². The highest BCUT2D eigenvalue weighted by Crippen LogP contribution is 2.27. The molecule has 0 amide bonds. The first-order valence-electron chi connectivity index (χ1n) is 5.33. The number of phenolic OH excluding ortho intramolecular Hbond substituents is 1. The Balaban J connectivity index is 2.13. The average molecular weight is 293 g/mol. The van der Waals surface area contributed by atoms with Crippen LogP contribution in [0.4, 0.5) is 0 Å². The molecule has 0 heterocycles. The summed E-state index contributed by atoms with van der Waals surface area (Å²) in [5.41, 5.74) is 1.84. The van der Waals surface area contributed by atoms with Gasteiger partial charge in [-0.05, 0) is 25.1 Å². The highest BCUT2D eigenvalue weighted by Gasteiger charge is 2.05. The van der Waals surface area contributed by atoms with Gasteiger partial charge in [-0.1, -0.05) is 40.2 Å². The molecule has 3 heteroatoms. The molecule has 2 aromatic rings. The zero-order valence-corrected chi connectivity index (χ0v) is 11.1. The normalized spacial score (nSPS) is 10.2. The smallest absolute Gasteiger partial charge is 0.126 e. The van der Waals surface area contributed by atoms with Crippen molar-refractivity contribution in [3.05, 3.63) is 58.1 Å². The maximum atomic E-state index is 9.56. The number of aromatic hydroxyl groups is 1. The molecule has 0 aliphatic rings. The van der Waals surface area contributed by atoms with Gasteiger partial charge in [0.15, 0.2) is 0 Å². The predicted molar refractivity (Wildman–Crippen MR) is 71.3 cm³/mol. The number of hydrogen-bond acceptors (Lipinski definition) is 2. The van der Waals surface area contributed by atoms with Gasteiger partial charge in [-0.3, -0.25) is 0 Å². The van der Waals surface area contributed by atoms with Crippen LogP contribution in [-0.4, -0.2) is 5.11 Å². The largest absolute Gasteiger partial charge is 0.508 e. The fraction of sp³-hybridized carbons (Fsp3) is 0.143. The van der Waals surface area contributed by atoms with Crippen molar-refractivity contribution < 1.29 is 9.84 Å². The van der Waals surface area contributed by atoms with Gasteiger partial charge < -0.3 is 9.84 Å². The Kier molecular flexibility index (Phi) is 3.69. The molecule has 17 heavy (non-hydrogen) atoms. The first kappa shape index (κ1) is 12.0. The summed E-state index contributed by atoms with van der Waals surface area (Å²) in [6.07, 6.45) is 0. The van der Waals surface area contributed by atoms with Crippen LogP contribution in [0, 0.1) is 6.92 Å². The molecule has 0 saturated carbocycles. The lowest BCUT2D eigenvalue weighted by atomic mass is 10.2. The van der Waals surface area contributed by atoms with Crippen molar-refractivity contribution in [3.63, 3.8) is 0 Å². The Morgan fingerprint density at radius 3 is 2.65 bits per heavy atom. The van der Waals surface area contributed by atoms with Crippen LogP contribution in [0.25, 0.3) is 0 Å². The number of benzene rings is 2. The molecule has 0 saturated heterocycles. The van der Waals surface area contributed by atoms with E-state index in [-0.39, 0.29) is 5.75 Å². The molecule has 0 aliphatic carbocycles. The van der Waals surface area contributed by atoms with Crippen molar-refractivity contribution in [2.24, 2.45) is 0 Å². The van der Waals surface area contributed by atoms with Crippen molar-refractivity contribution in [2.75, 3.05) is 0 Å². The molecule has 1 N–H and O–H groups in total. The summed E-state index contributed by atoms with van der Waals surface area (Å²) in [6.45, 7) is 2.32. The van der Waals surface area contributed by atoms with Gasteiger partial charge >= 0.3 is 0 Å². The molecule has 0 spiro atoms. The number of halogens is 1. The van der Waals surface area contributed by atoms with Crippen LogP contribution in [0.3, 0.4) is 0 Å². The number of phenols is 1. The topological polar surface area (TPSA) is 29.5 Å². The summed E-state index contributed by atoms with van der Waals surface area (Å²) in [7, 11) is 0. The van der Waals surface area contributed by atoms with Crippen LogP contribution in [0.15, 0.2) is 46.9 Å². The third kappa shape index (κ3) is 2.80. The summed E-state index contributed by atoms with van der Waals surface area (Å²) >= 11 is 3.47. The van der Waals surface area contributed by atoms with E-state index in [1.54, 1.807) is 12.1 Å². The summed E-state index contributed by atoms with van der Waals surface area (Å²) in [6, 6.07) is 13.2. The van der Waals surface area contributed by atoms with Crippen LogP contribution in [0.5, 0.6) is 11.5 Å². The van der Waals surface area contributed by atoms with E-state index < -0.39 is 0 Å². The van der Waals surface area contributed by atoms with Crippen LogP contribution < -0.4 is 4.74 Å². The van der Waals surface area contributed by atoms with E-state index in [2.05, 4.69) is 15.9 Å². The standard InChI is InChI=1S/C14H13BrO2/c1-10-13(16)7-4-8-14(10)17-9-11-5-2-3-6-12(11)15/h2-8,16H,9H2,1H3. The Bertz CT molecular complexity index is 523. The monoisotopic (exact) mass is 292 g/mol. The first-order chi connectivity index (χ1) is 8.18. The summed E-state index contributed by atoms with van der Waals surface area (Å²) in [5, 5.41) is 9.56. The lowest BCUT2D eigenvalue weighted by Gasteiger charge is -2.10. The molecule has 2 nitrogen and oxygen atoms in total. The van der Waals surface area contributed by atoms with E-state index in [4.69, 9.17) is 4.74 Å². The zero-order chi connectivity index (χ0) is 12.3. The van der Waals surface area contributed by atoms with E-state index in [9.17, 15) is 5.11 Å². The molecular formula is C14H13BrO2. The molecule has 0 fully saturated rings. The Morgan fingerprint density at radius 1 is 1.12 bits per heavy atom. The minimum atomic E-state index is 0.259. The van der Waals surface area contributed by atoms with Gasteiger partial charge in [-0.25, -0.2) is 0 Å². The van der Waals surface area contributed by atoms with Crippen molar-refractivity contribution in [1.29, 1.82) is 0 Å². The van der Waals surface area contributed by atoms with E-state index in [0.717, 1.165) is 15.6 Å². The molecule has 0 aliphatic heterocycles. The van der Waals surface area contributed by atoms with Gasteiger partial charge in [-0.15, -0.1) is 0 Å². The number of hydrogen-bond donors (Lipinski definition) is 1. The number of ether oxygens (including phenoxy) is 1. The molecule has 88 valence electrons. The third-order valence-corrected chi connectivity index (χ3v) is 3.37. The van der Waals surface area contributed by atoms with E-state index in [1.807, 2.05) is 37.3 Å². The summed E-state index contributed by atoms with van der Waals surface area (Å²) in [4.78, 5) is 0. The fourth-order valence-electron chi connectivity index (χ4n) is 1.53. The van der Waals surface area contributed by atoms with Gasteiger partial charge in [0.05, 0.1) is 0 Å². The van der Waals surface area contributed by atoms with Crippen LogP contribution in [-0.2, 0) is 6.61 Å². The van der Waals surface area contributed by atoms with Gasteiger partial charge in [0, 0.05) is 15.6 Å². The first-order valence-corrected chi connectivity index (χ1v) is 6.12. The second-order valence-corrected chi connectivity index (χ2v) is 4.63. The minimum Gasteiger partial charge on any atom is -0.508 e. The van der Waals surface area contributed by atoms with Gasteiger partial charge in [-0.2, -0.15) is 0 Å². The SMILES string of the molecule is Cc1c(O)cccc1OCc1ccccc1Br. The minimum absolute atomic E-state index is 0.259. The van der Waals surface area contributed by atoms with Crippen molar-refractivity contribution in [1.82, 2.24) is 0 Å². The Morgan fingerprint density at radius 2 is 1.88 bits per heavy atom. The second-order valence-electron chi connectivity index (χ2n) is 3.78. The third-order valence-electron chi connectivity index (χ3n) is 2.60. The Labute approximate surface area is 109 Å². The maximum absolute atomic E-state index is 9.56. The molecule has 0 atom stereocenters. The Hall–Kier alpha value is -1.48. The average Bonchev–Trinajstić information content (AvgIpc) is 2.33. The lowest BCUT2D eigenvalue weighted by Crippen LogP contribution is -1.97. The summed E-state index contributed by atoms with van der Waals surface area (Å²) in [5.74, 6) is 0.968. The van der Waals surface area contributed by atoms with Crippen LogP contribution >= 0.6 is 15.9 Å². The van der Waals surface area contributed by atoms with E-state index in [0.29, 0.717) is 12.4 Å². The highest BCUT2D eigenvalue weighted by atomic mass is 79.9. The van der Waals surface area contributed by atoms with Crippen molar-refractivity contribution in [2.45, 2.75) is 13.5 Å².